The van der Waals surface area contributed by atoms with Gasteiger partial charge < -0.3 is 14.8 Å². The van der Waals surface area contributed by atoms with E-state index in [-0.39, 0.29) is 0 Å². The molecular formula is C17H27NO2. The third-order valence-corrected chi connectivity index (χ3v) is 4.17. The summed E-state index contributed by atoms with van der Waals surface area (Å²) in [5.74, 6) is 1.55. The Labute approximate surface area is 122 Å². The van der Waals surface area contributed by atoms with E-state index in [1.165, 1.54) is 16.7 Å². The molecule has 1 fully saturated rings. The molecule has 0 bridgehead atoms. The number of aryl methyl sites for hydroxylation is 2. The molecule has 1 aromatic rings. The van der Waals surface area contributed by atoms with Gasteiger partial charge in [-0.25, -0.2) is 0 Å². The van der Waals surface area contributed by atoms with Crippen LogP contribution < -0.4 is 10.1 Å². The van der Waals surface area contributed by atoms with E-state index >= 15 is 0 Å². The zero-order chi connectivity index (χ0) is 14.7. The van der Waals surface area contributed by atoms with Crippen LogP contribution in [0.1, 0.15) is 43.0 Å². The predicted octanol–water partition coefficient (Wildman–Crippen LogP) is 3.39. The van der Waals surface area contributed by atoms with Gasteiger partial charge in [-0.2, -0.15) is 0 Å². The van der Waals surface area contributed by atoms with E-state index < -0.39 is 0 Å². The smallest absolute Gasteiger partial charge is 0.124 e. The Hall–Kier alpha value is -1.06. The van der Waals surface area contributed by atoms with E-state index in [4.69, 9.17) is 9.47 Å². The topological polar surface area (TPSA) is 30.5 Å². The Bertz CT molecular complexity index is 435. The first-order chi connectivity index (χ1) is 9.56. The second-order valence-electron chi connectivity index (χ2n) is 5.86. The molecule has 0 amide bonds. The molecule has 1 aliphatic heterocycles. The predicted molar refractivity (Wildman–Crippen MR) is 82.4 cm³/mol. The highest BCUT2D eigenvalue weighted by atomic mass is 16.5. The average molecular weight is 277 g/mol. The van der Waals surface area contributed by atoms with Crippen LogP contribution in [0.2, 0.25) is 0 Å². The number of hydrogen-bond donors (Lipinski definition) is 1. The molecule has 0 radical (unpaired) electrons. The number of rotatable bonds is 5. The Morgan fingerprint density at radius 2 is 2.00 bits per heavy atom. The zero-order valence-electron chi connectivity index (χ0n) is 13.3. The molecule has 3 atom stereocenters. The summed E-state index contributed by atoms with van der Waals surface area (Å²) in [6, 6.07) is 4.87. The van der Waals surface area contributed by atoms with Crippen LogP contribution in [-0.4, -0.2) is 26.4 Å². The lowest BCUT2D eigenvalue weighted by atomic mass is 9.89. The van der Waals surface area contributed by atoms with Gasteiger partial charge in [-0.05, 0) is 50.4 Å². The summed E-state index contributed by atoms with van der Waals surface area (Å²) in [5.41, 5.74) is 3.76. The monoisotopic (exact) mass is 277 g/mol. The SMILES string of the molecule is CCNC(c1cc(C)c(OC)c(C)c1)C1COC(C)C1. The fourth-order valence-electron chi connectivity index (χ4n) is 3.34. The van der Waals surface area contributed by atoms with Crippen molar-refractivity contribution in [2.24, 2.45) is 5.92 Å². The fraction of sp³-hybridized carbons (Fsp3) is 0.647. The molecule has 0 spiro atoms. The molecule has 2 rings (SSSR count). The van der Waals surface area contributed by atoms with Gasteiger partial charge in [0, 0.05) is 12.0 Å². The second-order valence-corrected chi connectivity index (χ2v) is 5.86. The molecule has 1 heterocycles. The minimum Gasteiger partial charge on any atom is -0.496 e. The minimum atomic E-state index is 0.369. The lowest BCUT2D eigenvalue weighted by Crippen LogP contribution is -2.29. The first-order valence-corrected chi connectivity index (χ1v) is 7.56. The van der Waals surface area contributed by atoms with E-state index in [1.807, 2.05) is 0 Å². The van der Waals surface area contributed by atoms with Crippen molar-refractivity contribution in [2.75, 3.05) is 20.3 Å². The third kappa shape index (κ3) is 3.15. The number of ether oxygens (including phenoxy) is 2. The molecular weight excluding hydrogens is 250 g/mol. The van der Waals surface area contributed by atoms with Gasteiger partial charge in [-0.3, -0.25) is 0 Å². The van der Waals surface area contributed by atoms with Crippen LogP contribution in [0.3, 0.4) is 0 Å². The summed E-state index contributed by atoms with van der Waals surface area (Å²) in [6.07, 6.45) is 1.50. The number of benzene rings is 1. The lowest BCUT2D eigenvalue weighted by molar-refractivity contribution is 0.117. The summed E-state index contributed by atoms with van der Waals surface area (Å²) in [4.78, 5) is 0. The van der Waals surface area contributed by atoms with Gasteiger partial charge in [0.05, 0.1) is 19.8 Å². The number of nitrogens with one attached hydrogen (secondary N) is 1. The van der Waals surface area contributed by atoms with Crippen LogP contribution >= 0.6 is 0 Å². The number of methoxy groups -OCH3 is 1. The normalized spacial score (nSPS) is 23.9. The van der Waals surface area contributed by atoms with E-state index in [1.54, 1.807) is 7.11 Å². The average Bonchev–Trinajstić information content (AvgIpc) is 2.82. The van der Waals surface area contributed by atoms with Crippen molar-refractivity contribution in [2.45, 2.75) is 46.3 Å². The molecule has 1 saturated heterocycles. The molecule has 1 aliphatic rings. The van der Waals surface area contributed by atoms with Gasteiger partial charge in [0.15, 0.2) is 0 Å². The number of hydrogen-bond acceptors (Lipinski definition) is 3. The maximum Gasteiger partial charge on any atom is 0.124 e. The van der Waals surface area contributed by atoms with Gasteiger partial charge in [-0.15, -0.1) is 0 Å². The van der Waals surface area contributed by atoms with Crippen molar-refractivity contribution in [3.8, 4) is 5.75 Å². The zero-order valence-corrected chi connectivity index (χ0v) is 13.3. The summed E-state index contributed by atoms with van der Waals surface area (Å²) < 4.78 is 11.2. The maximum atomic E-state index is 5.75. The molecule has 20 heavy (non-hydrogen) atoms. The van der Waals surface area contributed by atoms with Crippen molar-refractivity contribution in [1.82, 2.24) is 5.32 Å². The van der Waals surface area contributed by atoms with E-state index in [2.05, 4.69) is 45.1 Å². The quantitative estimate of drug-likeness (QED) is 0.895. The largest absolute Gasteiger partial charge is 0.496 e. The fourth-order valence-corrected chi connectivity index (χ4v) is 3.34. The Kier molecular flexibility index (Phi) is 5.06. The van der Waals surface area contributed by atoms with E-state index in [0.29, 0.717) is 18.1 Å². The lowest BCUT2D eigenvalue weighted by Gasteiger charge is -2.25. The van der Waals surface area contributed by atoms with Gasteiger partial charge in [0.1, 0.15) is 5.75 Å². The minimum absolute atomic E-state index is 0.369. The second kappa shape index (κ2) is 6.59. The van der Waals surface area contributed by atoms with E-state index in [9.17, 15) is 0 Å². The van der Waals surface area contributed by atoms with Crippen molar-refractivity contribution < 1.29 is 9.47 Å². The summed E-state index contributed by atoms with van der Waals surface area (Å²) >= 11 is 0. The highest BCUT2D eigenvalue weighted by molar-refractivity contribution is 5.44. The molecule has 0 saturated carbocycles. The van der Waals surface area contributed by atoms with Gasteiger partial charge >= 0.3 is 0 Å². The van der Waals surface area contributed by atoms with Crippen molar-refractivity contribution in [3.05, 3.63) is 28.8 Å². The summed E-state index contributed by atoms with van der Waals surface area (Å²) in [5, 5.41) is 3.63. The summed E-state index contributed by atoms with van der Waals surface area (Å²) in [7, 11) is 1.74. The van der Waals surface area contributed by atoms with Crippen molar-refractivity contribution >= 4 is 0 Å². The van der Waals surface area contributed by atoms with Crippen molar-refractivity contribution in [1.29, 1.82) is 0 Å². The molecule has 3 nitrogen and oxygen atoms in total. The van der Waals surface area contributed by atoms with Crippen LogP contribution in [0.4, 0.5) is 0 Å². The van der Waals surface area contributed by atoms with Crippen LogP contribution in [0, 0.1) is 19.8 Å². The first-order valence-electron chi connectivity index (χ1n) is 7.56. The Balaban J connectivity index is 2.29. The van der Waals surface area contributed by atoms with E-state index in [0.717, 1.165) is 25.3 Å². The van der Waals surface area contributed by atoms with Crippen LogP contribution in [0.5, 0.6) is 5.75 Å². The molecule has 1 N–H and O–H groups in total. The van der Waals surface area contributed by atoms with Crippen molar-refractivity contribution in [3.63, 3.8) is 0 Å². The standard InChI is InChI=1S/C17H27NO2/c1-6-18-16(15-9-13(4)20-10-15)14-7-11(2)17(19-5)12(3)8-14/h7-8,13,15-16,18H,6,9-10H2,1-5H3. The van der Waals surface area contributed by atoms with Gasteiger partial charge in [0.2, 0.25) is 0 Å². The van der Waals surface area contributed by atoms with Gasteiger partial charge in [-0.1, -0.05) is 19.1 Å². The van der Waals surface area contributed by atoms with Crippen LogP contribution in [-0.2, 0) is 4.74 Å². The summed E-state index contributed by atoms with van der Waals surface area (Å²) in [6.45, 7) is 10.4. The van der Waals surface area contributed by atoms with Gasteiger partial charge in [0.25, 0.3) is 0 Å². The molecule has 112 valence electrons. The first kappa shape index (κ1) is 15.3. The molecule has 1 aromatic carbocycles. The van der Waals surface area contributed by atoms with Crippen LogP contribution in [0.25, 0.3) is 0 Å². The highest BCUT2D eigenvalue weighted by Crippen LogP contribution is 2.34. The third-order valence-electron chi connectivity index (χ3n) is 4.17. The maximum absolute atomic E-state index is 5.75. The van der Waals surface area contributed by atoms with Crippen LogP contribution in [0.15, 0.2) is 12.1 Å². The molecule has 0 aromatic heterocycles. The molecule has 3 heteroatoms. The molecule has 3 unspecified atom stereocenters. The Morgan fingerprint density at radius 3 is 2.45 bits per heavy atom. The Morgan fingerprint density at radius 1 is 1.35 bits per heavy atom. The molecule has 0 aliphatic carbocycles. The highest BCUT2D eigenvalue weighted by Gasteiger charge is 2.30.